The molecule has 134 valence electrons. The Morgan fingerprint density at radius 3 is 2.32 bits per heavy atom. The van der Waals surface area contributed by atoms with Crippen LogP contribution in [0.25, 0.3) is 0 Å². The third-order valence-corrected chi connectivity index (χ3v) is 4.73. The lowest BCUT2D eigenvalue weighted by Crippen LogP contribution is -2.37. The second-order valence-corrected chi connectivity index (χ2v) is 7.60. The summed E-state index contributed by atoms with van der Waals surface area (Å²) in [5.74, 6) is -0.171. The third-order valence-electron chi connectivity index (χ3n) is 3.60. The van der Waals surface area contributed by atoms with Gasteiger partial charge in [-0.3, -0.25) is 9.59 Å². The van der Waals surface area contributed by atoms with Crippen LogP contribution in [0.3, 0.4) is 0 Å². The smallest absolute Gasteiger partial charge is 0.255 e. The van der Waals surface area contributed by atoms with Gasteiger partial charge in [0.15, 0.2) is 9.84 Å². The van der Waals surface area contributed by atoms with Gasteiger partial charge in [0.05, 0.1) is 23.3 Å². The molecule has 0 unspecified atom stereocenters. The van der Waals surface area contributed by atoms with Crippen molar-refractivity contribution in [3.05, 3.63) is 53.5 Å². The molecule has 2 amide bonds. The summed E-state index contributed by atoms with van der Waals surface area (Å²) >= 11 is 0. The summed E-state index contributed by atoms with van der Waals surface area (Å²) in [7, 11) is -3.21. The lowest BCUT2D eigenvalue weighted by atomic mass is 10.1. The topological polar surface area (TPSA) is 105 Å². The molecule has 0 aliphatic rings. The highest BCUT2D eigenvalue weighted by Gasteiger charge is 2.12. The Kier molecular flexibility index (Phi) is 5.97. The largest absolute Gasteiger partial charge is 0.469 e. The second kappa shape index (κ2) is 7.98. The molecule has 1 heterocycles. The summed E-state index contributed by atoms with van der Waals surface area (Å²) in [5.41, 5.74) is 1.31. The van der Waals surface area contributed by atoms with Gasteiger partial charge in [0.2, 0.25) is 5.91 Å². The highest BCUT2D eigenvalue weighted by molar-refractivity contribution is 7.90. The number of aryl methyl sites for hydroxylation is 1. The summed E-state index contributed by atoms with van der Waals surface area (Å²) < 4.78 is 27.8. The predicted octanol–water partition coefficient (Wildman–Crippen LogP) is 1.08. The van der Waals surface area contributed by atoms with Gasteiger partial charge in [-0.15, -0.1) is 0 Å². The molecule has 1 aromatic carbocycles. The van der Waals surface area contributed by atoms with E-state index >= 15 is 0 Å². The Balaban J connectivity index is 1.73. The summed E-state index contributed by atoms with van der Waals surface area (Å²) in [6, 6.07) is 8.06. The molecular formula is C17H20N2O5S. The molecule has 0 spiro atoms. The Morgan fingerprint density at radius 2 is 1.76 bits per heavy atom. The molecule has 0 atom stereocenters. The third kappa shape index (κ3) is 5.46. The Hall–Kier alpha value is -2.61. The average Bonchev–Trinajstić information content (AvgIpc) is 2.98. The van der Waals surface area contributed by atoms with E-state index in [1.165, 1.54) is 6.26 Å². The average molecular weight is 364 g/mol. The predicted molar refractivity (Wildman–Crippen MR) is 92.0 cm³/mol. The second-order valence-electron chi connectivity index (χ2n) is 5.59. The van der Waals surface area contributed by atoms with Crippen LogP contribution in [0.15, 0.2) is 45.9 Å². The number of hydrogen-bond donors (Lipinski definition) is 2. The molecule has 0 aliphatic carbocycles. The zero-order valence-corrected chi connectivity index (χ0v) is 14.9. The van der Waals surface area contributed by atoms with E-state index in [1.807, 2.05) is 0 Å². The number of rotatable bonds is 7. The Bertz CT molecular complexity index is 853. The number of benzene rings is 1. The van der Waals surface area contributed by atoms with Crippen LogP contribution in [0, 0.1) is 6.92 Å². The minimum Gasteiger partial charge on any atom is -0.469 e. The summed E-state index contributed by atoms with van der Waals surface area (Å²) in [5, 5.41) is 5.22. The number of nitrogens with one attached hydrogen (secondary N) is 2. The van der Waals surface area contributed by atoms with E-state index in [-0.39, 0.29) is 23.3 Å². The minimum atomic E-state index is -3.21. The van der Waals surface area contributed by atoms with E-state index in [0.717, 1.165) is 11.8 Å². The molecular weight excluding hydrogens is 344 g/mol. The lowest BCUT2D eigenvalue weighted by Gasteiger charge is -2.07. The van der Waals surface area contributed by atoms with Crippen LogP contribution in [-0.4, -0.2) is 39.6 Å². The van der Waals surface area contributed by atoms with Crippen LogP contribution >= 0.6 is 0 Å². The van der Waals surface area contributed by atoms with Crippen LogP contribution in [-0.2, 0) is 21.1 Å². The summed E-state index contributed by atoms with van der Waals surface area (Å²) in [6.45, 7) is 1.93. The van der Waals surface area contributed by atoms with Crippen LogP contribution in [0.4, 0.5) is 0 Å². The quantitative estimate of drug-likeness (QED) is 0.765. The van der Waals surface area contributed by atoms with Crippen LogP contribution in [0.1, 0.15) is 21.7 Å². The molecule has 2 N–H and O–H groups in total. The van der Waals surface area contributed by atoms with E-state index in [0.29, 0.717) is 24.3 Å². The fraction of sp³-hybridized carbons (Fsp3) is 0.294. The van der Waals surface area contributed by atoms with Gasteiger partial charge >= 0.3 is 0 Å². The molecule has 2 aromatic rings. The van der Waals surface area contributed by atoms with Crippen LogP contribution in [0.2, 0.25) is 0 Å². The van der Waals surface area contributed by atoms with Gasteiger partial charge < -0.3 is 15.1 Å². The lowest BCUT2D eigenvalue weighted by molar-refractivity contribution is -0.120. The van der Waals surface area contributed by atoms with Crippen molar-refractivity contribution >= 4 is 21.7 Å². The standard InChI is InChI=1S/C17H20N2O5S/c1-12-15(8-10-24-12)17(21)19-11-16(20)18-9-7-13-3-5-14(6-4-13)25(2,22)23/h3-6,8,10H,7,9,11H2,1-2H3,(H,18,20)(H,19,21). The molecule has 0 saturated carbocycles. The van der Waals surface area contributed by atoms with Gasteiger partial charge in [0.25, 0.3) is 5.91 Å². The molecule has 0 aliphatic heterocycles. The van der Waals surface area contributed by atoms with Crippen molar-refractivity contribution in [1.82, 2.24) is 10.6 Å². The van der Waals surface area contributed by atoms with E-state index in [2.05, 4.69) is 10.6 Å². The number of carbonyl (C=O) groups is 2. The molecule has 25 heavy (non-hydrogen) atoms. The van der Waals surface area contributed by atoms with Crippen LogP contribution < -0.4 is 10.6 Å². The van der Waals surface area contributed by atoms with E-state index < -0.39 is 9.84 Å². The minimum absolute atomic E-state index is 0.129. The van der Waals surface area contributed by atoms with Crippen molar-refractivity contribution in [1.29, 1.82) is 0 Å². The van der Waals surface area contributed by atoms with Crippen molar-refractivity contribution in [3.8, 4) is 0 Å². The van der Waals surface area contributed by atoms with E-state index in [9.17, 15) is 18.0 Å². The highest BCUT2D eigenvalue weighted by atomic mass is 32.2. The first kappa shape index (κ1) is 18.7. The summed E-state index contributed by atoms with van der Waals surface area (Å²) in [6.07, 6.45) is 3.13. The highest BCUT2D eigenvalue weighted by Crippen LogP contribution is 2.10. The van der Waals surface area contributed by atoms with Gasteiger partial charge in [0, 0.05) is 12.8 Å². The molecule has 0 radical (unpaired) electrons. The zero-order valence-electron chi connectivity index (χ0n) is 14.0. The first-order valence-corrected chi connectivity index (χ1v) is 9.54. The Morgan fingerprint density at radius 1 is 1.08 bits per heavy atom. The molecule has 0 saturated heterocycles. The fourth-order valence-electron chi connectivity index (χ4n) is 2.19. The van der Waals surface area contributed by atoms with Gasteiger partial charge in [-0.2, -0.15) is 0 Å². The van der Waals surface area contributed by atoms with Crippen molar-refractivity contribution < 1.29 is 22.4 Å². The maximum atomic E-state index is 11.8. The van der Waals surface area contributed by atoms with Crippen molar-refractivity contribution in [2.24, 2.45) is 0 Å². The molecule has 0 bridgehead atoms. The SMILES string of the molecule is Cc1occc1C(=O)NCC(=O)NCCc1ccc(S(C)(=O)=O)cc1. The number of hydrogen-bond acceptors (Lipinski definition) is 5. The number of carbonyl (C=O) groups excluding carboxylic acids is 2. The van der Waals surface area contributed by atoms with Gasteiger partial charge in [0.1, 0.15) is 5.76 Å². The van der Waals surface area contributed by atoms with Gasteiger partial charge in [-0.25, -0.2) is 8.42 Å². The molecule has 8 heteroatoms. The number of sulfone groups is 1. The van der Waals surface area contributed by atoms with E-state index in [1.54, 1.807) is 37.3 Å². The van der Waals surface area contributed by atoms with Crippen molar-refractivity contribution in [3.63, 3.8) is 0 Å². The molecule has 0 fully saturated rings. The number of furan rings is 1. The zero-order chi connectivity index (χ0) is 18.4. The Labute approximate surface area is 146 Å². The number of amides is 2. The maximum Gasteiger partial charge on any atom is 0.255 e. The van der Waals surface area contributed by atoms with E-state index in [4.69, 9.17) is 4.42 Å². The molecule has 7 nitrogen and oxygen atoms in total. The van der Waals surface area contributed by atoms with Gasteiger partial charge in [-0.1, -0.05) is 12.1 Å². The summed E-state index contributed by atoms with van der Waals surface area (Å²) in [4.78, 5) is 23.8. The normalized spacial score (nSPS) is 11.1. The maximum absolute atomic E-state index is 11.8. The van der Waals surface area contributed by atoms with Crippen molar-refractivity contribution in [2.45, 2.75) is 18.2 Å². The van der Waals surface area contributed by atoms with Gasteiger partial charge in [-0.05, 0) is 37.1 Å². The molecule has 1 aromatic heterocycles. The first-order valence-electron chi connectivity index (χ1n) is 7.65. The van der Waals surface area contributed by atoms with Crippen LogP contribution in [0.5, 0.6) is 0 Å². The fourth-order valence-corrected chi connectivity index (χ4v) is 2.82. The molecule has 2 rings (SSSR count). The first-order chi connectivity index (χ1) is 11.8. The van der Waals surface area contributed by atoms with Crippen molar-refractivity contribution in [2.75, 3.05) is 19.3 Å². The monoisotopic (exact) mass is 364 g/mol.